The number of imidazole rings is 1. The molecule has 0 bridgehead atoms. The van der Waals surface area contributed by atoms with Crippen molar-refractivity contribution in [3.05, 3.63) is 52.8 Å². The number of nitrogens with zero attached hydrogens (tertiary/aromatic N) is 2. The number of hydrogen-bond donors (Lipinski definition) is 1. The lowest BCUT2D eigenvalue weighted by molar-refractivity contribution is 0.0952. The predicted octanol–water partition coefficient (Wildman–Crippen LogP) is 3.84. The summed E-state index contributed by atoms with van der Waals surface area (Å²) in [5.74, 6) is 1.60. The maximum atomic E-state index is 12.4. The second-order valence-corrected chi connectivity index (χ2v) is 6.51. The zero-order valence-electron chi connectivity index (χ0n) is 15.6. The highest BCUT2D eigenvalue weighted by molar-refractivity contribution is 6.32. The Morgan fingerprint density at radius 2 is 2.00 bits per heavy atom. The molecule has 0 radical (unpaired) electrons. The van der Waals surface area contributed by atoms with Gasteiger partial charge in [0.2, 0.25) is 0 Å². The second-order valence-electron chi connectivity index (χ2n) is 6.10. The molecule has 1 aromatic heterocycles. The van der Waals surface area contributed by atoms with Crippen LogP contribution in [0.25, 0.3) is 11.0 Å². The minimum atomic E-state index is -0.204. The highest BCUT2D eigenvalue weighted by atomic mass is 35.5. The summed E-state index contributed by atoms with van der Waals surface area (Å²) in [5, 5.41) is 3.25. The molecule has 142 valence electrons. The van der Waals surface area contributed by atoms with E-state index in [0.717, 1.165) is 29.8 Å². The van der Waals surface area contributed by atoms with Crippen LogP contribution in [0.4, 0.5) is 0 Å². The SMILES string of the molecule is COc1cc(C(=O)NCCCn2c(C)nc3ccccc32)cc(Cl)c1OC. The largest absolute Gasteiger partial charge is 0.493 e. The van der Waals surface area contributed by atoms with Crippen LogP contribution in [0.15, 0.2) is 36.4 Å². The first kappa shape index (κ1) is 19.0. The van der Waals surface area contributed by atoms with Gasteiger partial charge in [-0.25, -0.2) is 4.98 Å². The van der Waals surface area contributed by atoms with E-state index < -0.39 is 0 Å². The fourth-order valence-corrected chi connectivity index (χ4v) is 3.36. The Balaban J connectivity index is 1.61. The van der Waals surface area contributed by atoms with Crippen LogP contribution < -0.4 is 14.8 Å². The molecule has 1 heterocycles. The number of fused-ring (bicyclic) bond motifs is 1. The molecule has 0 saturated heterocycles. The van der Waals surface area contributed by atoms with Gasteiger partial charge in [0, 0.05) is 18.7 Å². The maximum Gasteiger partial charge on any atom is 0.251 e. The highest BCUT2D eigenvalue weighted by Gasteiger charge is 2.15. The van der Waals surface area contributed by atoms with Gasteiger partial charge >= 0.3 is 0 Å². The summed E-state index contributed by atoms with van der Waals surface area (Å²) < 4.78 is 12.6. The number of rotatable bonds is 7. The lowest BCUT2D eigenvalue weighted by Gasteiger charge is -2.12. The molecule has 0 aliphatic rings. The summed E-state index contributed by atoms with van der Waals surface area (Å²) in [5.41, 5.74) is 2.52. The van der Waals surface area contributed by atoms with Gasteiger partial charge < -0.3 is 19.4 Å². The molecule has 0 spiro atoms. The molecule has 6 nitrogen and oxygen atoms in total. The van der Waals surface area contributed by atoms with E-state index in [9.17, 15) is 4.79 Å². The Labute approximate surface area is 163 Å². The molecule has 0 aliphatic carbocycles. The minimum absolute atomic E-state index is 0.204. The predicted molar refractivity (Wildman–Crippen MR) is 106 cm³/mol. The topological polar surface area (TPSA) is 65.4 Å². The first-order valence-electron chi connectivity index (χ1n) is 8.66. The molecule has 2 aromatic carbocycles. The quantitative estimate of drug-likeness (QED) is 0.625. The average molecular weight is 388 g/mol. The lowest BCUT2D eigenvalue weighted by Crippen LogP contribution is -2.25. The molecule has 0 aliphatic heterocycles. The maximum absolute atomic E-state index is 12.4. The number of para-hydroxylation sites is 2. The van der Waals surface area contributed by atoms with Crippen LogP contribution in [0.5, 0.6) is 11.5 Å². The average Bonchev–Trinajstić information content (AvgIpc) is 2.99. The number of nitrogens with one attached hydrogen (secondary N) is 1. The second kappa shape index (κ2) is 8.31. The third-order valence-corrected chi connectivity index (χ3v) is 4.67. The standard InChI is InChI=1S/C20H22ClN3O3/c1-13-23-16-7-4-5-8-17(16)24(13)10-6-9-22-20(25)14-11-15(21)19(27-3)18(12-14)26-2/h4-5,7-8,11-12H,6,9-10H2,1-3H3,(H,22,25). The van der Waals surface area contributed by atoms with Crippen molar-refractivity contribution in [2.75, 3.05) is 20.8 Å². The van der Waals surface area contributed by atoms with Gasteiger partial charge in [0.15, 0.2) is 11.5 Å². The number of hydrogen-bond acceptors (Lipinski definition) is 4. The van der Waals surface area contributed by atoms with Gasteiger partial charge in [-0.15, -0.1) is 0 Å². The number of carbonyl (C=O) groups excluding carboxylic acids is 1. The van der Waals surface area contributed by atoms with Gasteiger partial charge in [-0.3, -0.25) is 4.79 Å². The number of carbonyl (C=O) groups is 1. The number of aromatic nitrogens is 2. The lowest BCUT2D eigenvalue weighted by atomic mass is 10.2. The number of aryl methyl sites for hydroxylation is 2. The number of benzene rings is 2. The van der Waals surface area contributed by atoms with E-state index in [1.54, 1.807) is 12.1 Å². The van der Waals surface area contributed by atoms with Crippen LogP contribution >= 0.6 is 11.6 Å². The van der Waals surface area contributed by atoms with Crippen molar-refractivity contribution in [3.8, 4) is 11.5 Å². The summed E-state index contributed by atoms with van der Waals surface area (Å²) in [6, 6.07) is 11.2. The third kappa shape index (κ3) is 4.01. The summed E-state index contributed by atoms with van der Waals surface area (Å²) >= 11 is 6.16. The van der Waals surface area contributed by atoms with E-state index in [1.165, 1.54) is 14.2 Å². The fraction of sp³-hybridized carbons (Fsp3) is 0.300. The Hall–Kier alpha value is -2.73. The Morgan fingerprint density at radius 1 is 1.22 bits per heavy atom. The summed E-state index contributed by atoms with van der Waals surface area (Å²) in [6.07, 6.45) is 0.786. The molecule has 0 fully saturated rings. The molecule has 27 heavy (non-hydrogen) atoms. The Bertz CT molecular complexity index is 969. The summed E-state index contributed by atoms with van der Waals surface area (Å²) in [7, 11) is 3.01. The molecule has 0 saturated carbocycles. The van der Waals surface area contributed by atoms with E-state index in [0.29, 0.717) is 28.6 Å². The highest BCUT2D eigenvalue weighted by Crippen LogP contribution is 2.35. The van der Waals surface area contributed by atoms with Crippen LogP contribution in [-0.2, 0) is 6.54 Å². The van der Waals surface area contributed by atoms with Crippen molar-refractivity contribution in [1.82, 2.24) is 14.9 Å². The van der Waals surface area contributed by atoms with Crippen molar-refractivity contribution in [2.24, 2.45) is 0 Å². The van der Waals surface area contributed by atoms with Crippen LogP contribution in [0, 0.1) is 6.92 Å². The first-order chi connectivity index (χ1) is 13.0. The van der Waals surface area contributed by atoms with Crippen molar-refractivity contribution < 1.29 is 14.3 Å². The zero-order valence-corrected chi connectivity index (χ0v) is 16.3. The third-order valence-electron chi connectivity index (χ3n) is 4.39. The van der Waals surface area contributed by atoms with Crippen LogP contribution in [0.2, 0.25) is 5.02 Å². The van der Waals surface area contributed by atoms with Crippen molar-refractivity contribution in [2.45, 2.75) is 19.9 Å². The summed E-state index contributed by atoms with van der Waals surface area (Å²) in [4.78, 5) is 17.0. The summed E-state index contributed by atoms with van der Waals surface area (Å²) in [6.45, 7) is 3.31. The van der Waals surface area contributed by atoms with Gasteiger partial charge in [-0.05, 0) is 37.6 Å². The van der Waals surface area contributed by atoms with Crippen LogP contribution in [0.1, 0.15) is 22.6 Å². The van der Waals surface area contributed by atoms with E-state index in [1.807, 2.05) is 25.1 Å². The number of amides is 1. The number of ether oxygens (including phenoxy) is 2. The van der Waals surface area contributed by atoms with Crippen LogP contribution in [0.3, 0.4) is 0 Å². The van der Waals surface area contributed by atoms with E-state index >= 15 is 0 Å². The first-order valence-corrected chi connectivity index (χ1v) is 9.04. The minimum Gasteiger partial charge on any atom is -0.493 e. The Kier molecular flexibility index (Phi) is 5.86. The molecule has 1 N–H and O–H groups in total. The van der Waals surface area contributed by atoms with Gasteiger partial charge in [-0.2, -0.15) is 0 Å². The van der Waals surface area contributed by atoms with Gasteiger partial charge in [0.25, 0.3) is 5.91 Å². The van der Waals surface area contributed by atoms with E-state index in [4.69, 9.17) is 21.1 Å². The van der Waals surface area contributed by atoms with Crippen molar-refractivity contribution in [3.63, 3.8) is 0 Å². The van der Waals surface area contributed by atoms with Gasteiger partial charge in [0.05, 0.1) is 30.3 Å². The molecule has 3 rings (SSSR count). The monoisotopic (exact) mass is 387 g/mol. The van der Waals surface area contributed by atoms with E-state index in [2.05, 4.69) is 20.9 Å². The van der Waals surface area contributed by atoms with Gasteiger partial charge in [0.1, 0.15) is 5.82 Å². The van der Waals surface area contributed by atoms with Crippen molar-refractivity contribution >= 4 is 28.5 Å². The normalized spacial score (nSPS) is 10.8. The smallest absolute Gasteiger partial charge is 0.251 e. The van der Waals surface area contributed by atoms with Gasteiger partial charge in [-0.1, -0.05) is 23.7 Å². The molecule has 1 amide bonds. The number of methoxy groups -OCH3 is 2. The van der Waals surface area contributed by atoms with E-state index in [-0.39, 0.29) is 5.91 Å². The van der Waals surface area contributed by atoms with Crippen LogP contribution in [-0.4, -0.2) is 36.2 Å². The molecular weight excluding hydrogens is 366 g/mol. The van der Waals surface area contributed by atoms with Crippen molar-refractivity contribution in [1.29, 1.82) is 0 Å². The molecule has 3 aromatic rings. The number of halogens is 1. The molecule has 0 atom stereocenters. The Morgan fingerprint density at radius 3 is 2.74 bits per heavy atom. The molecule has 7 heteroatoms. The fourth-order valence-electron chi connectivity index (χ4n) is 3.07. The zero-order chi connectivity index (χ0) is 19.4. The molecular formula is C20H22ClN3O3. The molecule has 0 unspecified atom stereocenters.